The summed E-state index contributed by atoms with van der Waals surface area (Å²) >= 11 is 0. The van der Waals surface area contributed by atoms with E-state index in [1.165, 1.54) is 0 Å². The first kappa shape index (κ1) is 11.6. The van der Waals surface area contributed by atoms with E-state index >= 15 is 0 Å². The van der Waals surface area contributed by atoms with Crippen molar-refractivity contribution in [1.29, 1.82) is 0 Å². The fourth-order valence-electron chi connectivity index (χ4n) is 0.954. The van der Waals surface area contributed by atoms with Crippen LogP contribution in [-0.2, 0) is 0 Å². The Bertz CT molecular complexity index is 333. The Balaban J connectivity index is 2.58. The van der Waals surface area contributed by atoms with Crippen molar-refractivity contribution in [2.24, 2.45) is 0 Å². The molecular formula is C9H16N4O2. The summed E-state index contributed by atoms with van der Waals surface area (Å²) in [6, 6.07) is 0. The SMILES string of the molecule is CC(C)c1nc(C(=O)NC[C@H](C)O)n[nH]1. The Morgan fingerprint density at radius 2 is 2.20 bits per heavy atom. The molecule has 1 atom stereocenters. The predicted molar refractivity (Wildman–Crippen MR) is 54.5 cm³/mol. The first-order chi connectivity index (χ1) is 7.00. The molecule has 1 heterocycles. The fraction of sp³-hybridized carbons (Fsp3) is 0.667. The van der Waals surface area contributed by atoms with Crippen molar-refractivity contribution in [3.8, 4) is 0 Å². The van der Waals surface area contributed by atoms with Gasteiger partial charge in [-0.25, -0.2) is 4.98 Å². The second-order valence-electron chi connectivity index (χ2n) is 3.76. The highest BCUT2D eigenvalue weighted by molar-refractivity contribution is 5.90. The number of aromatic amines is 1. The Labute approximate surface area is 88.1 Å². The molecule has 3 N–H and O–H groups in total. The van der Waals surface area contributed by atoms with Crippen molar-refractivity contribution < 1.29 is 9.90 Å². The topological polar surface area (TPSA) is 90.9 Å². The molecule has 0 unspecified atom stereocenters. The minimum atomic E-state index is -0.572. The summed E-state index contributed by atoms with van der Waals surface area (Å²) in [6.07, 6.45) is -0.572. The number of H-pyrrole nitrogens is 1. The second kappa shape index (κ2) is 4.88. The molecule has 0 spiro atoms. The molecule has 0 aliphatic heterocycles. The number of hydrogen-bond donors (Lipinski definition) is 3. The van der Waals surface area contributed by atoms with E-state index in [0.29, 0.717) is 5.82 Å². The smallest absolute Gasteiger partial charge is 0.291 e. The number of aliphatic hydroxyl groups is 1. The van der Waals surface area contributed by atoms with Crippen LogP contribution in [-0.4, -0.2) is 38.8 Å². The number of nitrogens with zero attached hydrogens (tertiary/aromatic N) is 2. The van der Waals surface area contributed by atoms with Gasteiger partial charge in [0.2, 0.25) is 5.82 Å². The van der Waals surface area contributed by atoms with Gasteiger partial charge >= 0.3 is 0 Å². The molecule has 1 rings (SSSR count). The highest BCUT2D eigenvalue weighted by Crippen LogP contribution is 2.07. The van der Waals surface area contributed by atoms with Crippen LogP contribution < -0.4 is 5.32 Å². The normalized spacial score (nSPS) is 12.9. The number of hydrogen-bond acceptors (Lipinski definition) is 4. The maximum atomic E-state index is 11.4. The van der Waals surface area contributed by atoms with Crippen LogP contribution in [0.25, 0.3) is 0 Å². The molecule has 15 heavy (non-hydrogen) atoms. The zero-order valence-electron chi connectivity index (χ0n) is 9.11. The number of rotatable bonds is 4. The van der Waals surface area contributed by atoms with Crippen molar-refractivity contribution in [3.05, 3.63) is 11.6 Å². The molecule has 0 aliphatic rings. The van der Waals surface area contributed by atoms with Crippen molar-refractivity contribution in [1.82, 2.24) is 20.5 Å². The Hall–Kier alpha value is -1.43. The van der Waals surface area contributed by atoms with E-state index in [1.807, 2.05) is 13.8 Å². The number of carbonyl (C=O) groups excluding carboxylic acids is 1. The molecule has 0 radical (unpaired) electrons. The van der Waals surface area contributed by atoms with Gasteiger partial charge in [-0.1, -0.05) is 13.8 Å². The zero-order chi connectivity index (χ0) is 11.4. The van der Waals surface area contributed by atoms with Crippen LogP contribution in [0, 0.1) is 0 Å². The number of nitrogens with one attached hydrogen (secondary N) is 2. The average Bonchev–Trinajstić information content (AvgIpc) is 2.62. The van der Waals surface area contributed by atoms with Gasteiger partial charge in [0.05, 0.1) is 6.10 Å². The zero-order valence-corrected chi connectivity index (χ0v) is 9.11. The summed E-state index contributed by atoms with van der Waals surface area (Å²) < 4.78 is 0. The van der Waals surface area contributed by atoms with Crippen LogP contribution in [0.4, 0.5) is 0 Å². The van der Waals surface area contributed by atoms with Crippen LogP contribution in [0.2, 0.25) is 0 Å². The fourth-order valence-corrected chi connectivity index (χ4v) is 0.954. The lowest BCUT2D eigenvalue weighted by Crippen LogP contribution is -2.31. The van der Waals surface area contributed by atoms with Crippen molar-refractivity contribution in [2.45, 2.75) is 32.8 Å². The molecule has 0 fully saturated rings. The highest BCUT2D eigenvalue weighted by Gasteiger charge is 2.13. The van der Waals surface area contributed by atoms with E-state index in [0.717, 1.165) is 0 Å². The third-order valence-corrected chi connectivity index (χ3v) is 1.81. The van der Waals surface area contributed by atoms with E-state index in [-0.39, 0.29) is 24.2 Å². The number of aromatic nitrogens is 3. The van der Waals surface area contributed by atoms with Gasteiger partial charge < -0.3 is 10.4 Å². The summed E-state index contributed by atoms with van der Waals surface area (Å²) in [4.78, 5) is 15.4. The first-order valence-electron chi connectivity index (χ1n) is 4.89. The van der Waals surface area contributed by atoms with Crippen LogP contribution in [0.3, 0.4) is 0 Å². The minimum Gasteiger partial charge on any atom is -0.392 e. The monoisotopic (exact) mass is 212 g/mol. The van der Waals surface area contributed by atoms with Crippen molar-refractivity contribution in [2.75, 3.05) is 6.54 Å². The molecule has 1 aromatic rings. The van der Waals surface area contributed by atoms with Crippen LogP contribution in [0.5, 0.6) is 0 Å². The lowest BCUT2D eigenvalue weighted by Gasteiger charge is -2.03. The predicted octanol–water partition coefficient (Wildman–Crippen LogP) is 0.0387. The van der Waals surface area contributed by atoms with E-state index in [4.69, 9.17) is 5.11 Å². The second-order valence-corrected chi connectivity index (χ2v) is 3.76. The molecule has 0 saturated heterocycles. The molecule has 6 nitrogen and oxygen atoms in total. The third kappa shape index (κ3) is 3.32. The standard InChI is InChI=1S/C9H16N4O2/c1-5(2)7-11-8(13-12-7)9(15)10-4-6(3)14/h5-6,14H,4H2,1-3H3,(H,10,15)(H,11,12,13)/t6-/m0/s1. The van der Waals surface area contributed by atoms with Gasteiger partial charge in [0.25, 0.3) is 5.91 Å². The van der Waals surface area contributed by atoms with Gasteiger partial charge in [0, 0.05) is 12.5 Å². The summed E-state index contributed by atoms with van der Waals surface area (Å²) in [5, 5.41) is 18.0. The Kier molecular flexibility index (Phi) is 3.79. The molecule has 84 valence electrons. The highest BCUT2D eigenvalue weighted by atomic mass is 16.3. The first-order valence-corrected chi connectivity index (χ1v) is 4.89. The van der Waals surface area contributed by atoms with Crippen molar-refractivity contribution in [3.63, 3.8) is 0 Å². The third-order valence-electron chi connectivity index (χ3n) is 1.81. The van der Waals surface area contributed by atoms with Gasteiger partial charge in [0.1, 0.15) is 5.82 Å². The molecule has 0 aromatic carbocycles. The molecule has 1 amide bonds. The van der Waals surface area contributed by atoms with Gasteiger partial charge in [-0.3, -0.25) is 9.89 Å². The van der Waals surface area contributed by atoms with Gasteiger partial charge in [-0.15, -0.1) is 5.10 Å². The average molecular weight is 212 g/mol. The Morgan fingerprint density at radius 1 is 1.53 bits per heavy atom. The van der Waals surface area contributed by atoms with E-state index in [2.05, 4.69) is 20.5 Å². The molecule has 1 aromatic heterocycles. The van der Waals surface area contributed by atoms with Gasteiger partial charge in [-0.2, -0.15) is 0 Å². The molecule has 6 heteroatoms. The maximum Gasteiger partial charge on any atom is 0.291 e. The number of amides is 1. The summed E-state index contributed by atoms with van der Waals surface area (Å²) in [7, 11) is 0. The quantitative estimate of drug-likeness (QED) is 0.657. The van der Waals surface area contributed by atoms with Crippen LogP contribution in [0.1, 0.15) is 43.1 Å². The van der Waals surface area contributed by atoms with Crippen LogP contribution in [0.15, 0.2) is 0 Å². The van der Waals surface area contributed by atoms with Gasteiger partial charge in [0.15, 0.2) is 0 Å². The van der Waals surface area contributed by atoms with E-state index < -0.39 is 6.10 Å². The lowest BCUT2D eigenvalue weighted by atomic mass is 10.2. The van der Waals surface area contributed by atoms with Gasteiger partial charge in [-0.05, 0) is 6.92 Å². The van der Waals surface area contributed by atoms with E-state index in [1.54, 1.807) is 6.92 Å². The number of aliphatic hydroxyl groups excluding tert-OH is 1. The summed E-state index contributed by atoms with van der Waals surface area (Å²) in [5.74, 6) is 0.617. The molecule has 0 saturated carbocycles. The van der Waals surface area contributed by atoms with E-state index in [9.17, 15) is 4.79 Å². The Morgan fingerprint density at radius 3 is 2.67 bits per heavy atom. The molecule has 0 bridgehead atoms. The largest absolute Gasteiger partial charge is 0.392 e. The lowest BCUT2D eigenvalue weighted by molar-refractivity contribution is 0.0914. The molecular weight excluding hydrogens is 196 g/mol. The number of carbonyl (C=O) groups is 1. The maximum absolute atomic E-state index is 11.4. The summed E-state index contributed by atoms with van der Waals surface area (Å²) in [5.41, 5.74) is 0. The molecule has 0 aliphatic carbocycles. The van der Waals surface area contributed by atoms with Crippen molar-refractivity contribution >= 4 is 5.91 Å². The van der Waals surface area contributed by atoms with Crippen LogP contribution >= 0.6 is 0 Å². The minimum absolute atomic E-state index is 0.111. The summed E-state index contributed by atoms with van der Waals surface area (Å²) in [6.45, 7) is 5.71.